The van der Waals surface area contributed by atoms with Crippen molar-refractivity contribution in [3.05, 3.63) is 77.4 Å². The summed E-state index contributed by atoms with van der Waals surface area (Å²) in [6.07, 6.45) is 2.15. The van der Waals surface area contributed by atoms with E-state index in [1.807, 2.05) is 13.0 Å². The molecule has 0 bridgehead atoms. The Labute approximate surface area is 187 Å². The van der Waals surface area contributed by atoms with Gasteiger partial charge < -0.3 is 19.6 Å². The van der Waals surface area contributed by atoms with Gasteiger partial charge in [-0.3, -0.25) is 4.79 Å². The third-order valence-electron chi connectivity index (χ3n) is 5.52. The number of pyridine rings is 1. The number of aromatic carboxylic acids is 1. The summed E-state index contributed by atoms with van der Waals surface area (Å²) in [4.78, 5) is 31.1. The van der Waals surface area contributed by atoms with Crippen LogP contribution < -0.4 is 4.74 Å². The monoisotopic (exact) mass is 707 g/mol. The smallest absolute Gasteiger partial charge is 0.354 e. The maximum absolute atomic E-state index is 14.3. The molecule has 33 heavy (non-hydrogen) atoms. The maximum atomic E-state index is 14.3. The van der Waals surface area contributed by atoms with Crippen LogP contribution in [-0.2, 0) is 4.79 Å². The van der Waals surface area contributed by atoms with Gasteiger partial charge in [0.15, 0.2) is 5.69 Å². The molecule has 0 spiro atoms. The predicted molar refractivity (Wildman–Crippen MR) is 118 cm³/mol. The first kappa shape index (κ1) is 25.0. The molecule has 1 saturated heterocycles. The molecule has 1 fully saturated rings. The Morgan fingerprint density at radius 1 is 1.30 bits per heavy atom. The number of carboxylic acids is 1. The fraction of sp³-hybridized carbons (Fsp3) is 0.333. The maximum Gasteiger partial charge on any atom is 0.354 e. The van der Waals surface area contributed by atoms with Crippen LogP contribution in [0.4, 0.5) is 4.39 Å². The van der Waals surface area contributed by atoms with Crippen molar-refractivity contribution in [3.8, 4) is 5.75 Å². The quantitative estimate of drug-likeness (QED) is 0.351. The molecule has 2 heterocycles. The zero-order valence-electron chi connectivity index (χ0n) is 19.2. The molecule has 2 aromatic rings. The second kappa shape index (κ2) is 10.4. The second-order valence-corrected chi connectivity index (χ2v) is 7.92. The zero-order valence-corrected chi connectivity index (χ0v) is 25.6. The van der Waals surface area contributed by atoms with Crippen LogP contribution in [0.1, 0.15) is 40.2 Å². The summed E-state index contributed by atoms with van der Waals surface area (Å²) < 4.78 is 20.5. The number of hydrogen-bond donors (Lipinski definition) is 1. The second-order valence-electron chi connectivity index (χ2n) is 7.92. The Balaban J connectivity index is 0.00000385. The number of piperazine rings is 1. The van der Waals surface area contributed by atoms with Crippen molar-refractivity contribution >= 4 is 11.9 Å². The summed E-state index contributed by atoms with van der Waals surface area (Å²) in [5, 5.41) is 9.20. The van der Waals surface area contributed by atoms with Crippen molar-refractivity contribution in [2.24, 2.45) is 0 Å². The van der Waals surface area contributed by atoms with Gasteiger partial charge in [0.25, 0.3) is 0 Å². The molecule has 9 heteroatoms. The summed E-state index contributed by atoms with van der Waals surface area (Å²) >= 11 is 0. The molecule has 0 saturated carbocycles. The van der Waals surface area contributed by atoms with Gasteiger partial charge in [0.2, 0.25) is 5.91 Å². The van der Waals surface area contributed by atoms with E-state index in [1.54, 1.807) is 30.9 Å². The number of nitrogens with zero attached hydrogens (tertiary/aromatic N) is 3. The van der Waals surface area contributed by atoms with Crippen molar-refractivity contribution in [1.82, 2.24) is 14.8 Å². The number of aryl methyl sites for hydroxylation is 2. The molecule has 0 aliphatic carbocycles. The van der Waals surface area contributed by atoms with Gasteiger partial charge >= 0.3 is 5.97 Å². The van der Waals surface area contributed by atoms with E-state index in [4.69, 9.17) is 4.74 Å². The van der Waals surface area contributed by atoms with E-state index in [1.165, 1.54) is 18.3 Å². The summed E-state index contributed by atoms with van der Waals surface area (Å²) in [5.74, 6) is -1.16. The van der Waals surface area contributed by atoms with Crippen LogP contribution in [0.15, 0.2) is 43.1 Å². The van der Waals surface area contributed by atoms with Gasteiger partial charge in [-0.25, -0.2) is 20.2 Å². The molecule has 7 nitrogen and oxygen atoms in total. The van der Waals surface area contributed by atoms with E-state index in [0.29, 0.717) is 48.6 Å². The number of amides is 1. The van der Waals surface area contributed by atoms with E-state index in [2.05, 4.69) is 16.5 Å². The van der Waals surface area contributed by atoms with Gasteiger partial charge in [-0.15, -0.1) is 6.54 Å². The number of benzene rings is 1. The Hall–Kier alpha value is -4.26. The number of halogens is 1. The Morgan fingerprint density at radius 3 is 2.61 bits per heavy atom. The molecule has 0 radical (unpaired) electrons. The minimum absolute atomic E-state index is 0. The first-order valence-corrected chi connectivity index (χ1v) is 10.3. The molecular formula is C24H27FN3O4Rf-. The standard InChI is InChI=1S/C24H27FN3O4.Rf/c1-5-22(29)28-9-8-27(13-17(28)4)14-21(18-7-6-15(2)20(25)11-18)32-19-10-16(3)23(24(30)31)26-12-19;/h5-7,10-12,21H,1,8-9,13-14H2,2-4H3,(H,30,31);/q-1;. The van der Waals surface area contributed by atoms with Gasteiger partial charge in [-0.1, -0.05) is 18.7 Å². The molecule has 1 aromatic heterocycles. The number of carbonyl (C=O) groups is 2. The van der Waals surface area contributed by atoms with Crippen LogP contribution in [0, 0.1) is 25.7 Å². The number of ether oxygens (including phenoxy) is 1. The predicted octanol–water partition coefficient (Wildman–Crippen LogP) is 3.54. The largest absolute Gasteiger partial charge is 0.485 e. The molecule has 1 aliphatic rings. The summed E-state index contributed by atoms with van der Waals surface area (Å²) in [7, 11) is 0. The van der Waals surface area contributed by atoms with Gasteiger partial charge in [-0.05, 0) is 48.7 Å². The average Bonchev–Trinajstić information content (AvgIpc) is 2.74. The van der Waals surface area contributed by atoms with Crippen LogP contribution in [-0.4, -0.2) is 57.9 Å². The first-order chi connectivity index (χ1) is 15.2. The molecule has 1 aromatic carbocycles. The summed E-state index contributed by atoms with van der Waals surface area (Å²) in [5.41, 5.74) is 1.64. The van der Waals surface area contributed by atoms with Crippen LogP contribution in [0.2, 0.25) is 0 Å². The minimum Gasteiger partial charge on any atom is -0.485 e. The SMILES string of the molecule is C=CC(=O)N1CCN(CC(Oc2cnc(C(=O)O)c(C)c2)c2ccc(C)c(F)c2)C[C-]1C.[Rf]. The zero-order chi connectivity index (χ0) is 23.4. The van der Waals surface area contributed by atoms with Gasteiger partial charge in [0.1, 0.15) is 17.7 Å². The van der Waals surface area contributed by atoms with E-state index < -0.39 is 12.1 Å². The normalized spacial score (nSPS) is 15.5. The van der Waals surface area contributed by atoms with Crippen molar-refractivity contribution in [3.63, 3.8) is 0 Å². The van der Waals surface area contributed by atoms with Crippen molar-refractivity contribution in [1.29, 1.82) is 0 Å². The van der Waals surface area contributed by atoms with Crippen LogP contribution in [0.25, 0.3) is 0 Å². The first-order valence-electron chi connectivity index (χ1n) is 10.3. The van der Waals surface area contributed by atoms with Gasteiger partial charge in [0, 0.05) is 19.6 Å². The Kier molecular flexibility index (Phi) is 7.86. The molecule has 1 amide bonds. The Morgan fingerprint density at radius 2 is 2.03 bits per heavy atom. The number of hydrogen-bond acceptors (Lipinski definition) is 5. The number of rotatable bonds is 7. The summed E-state index contributed by atoms with van der Waals surface area (Å²) in [6, 6.07) is 7.50. The van der Waals surface area contributed by atoms with E-state index >= 15 is 0 Å². The van der Waals surface area contributed by atoms with Gasteiger partial charge in [-0.2, -0.15) is 6.92 Å². The number of aromatic nitrogens is 1. The van der Waals surface area contributed by atoms with Crippen molar-refractivity contribution in [2.75, 3.05) is 26.2 Å². The molecule has 1 unspecified atom stereocenters. The average molecular weight is 707 g/mol. The van der Waals surface area contributed by atoms with E-state index in [-0.39, 0.29) is 17.4 Å². The molecule has 1 N–H and O–H groups in total. The van der Waals surface area contributed by atoms with E-state index in [9.17, 15) is 19.1 Å². The minimum atomic E-state index is -1.11. The van der Waals surface area contributed by atoms with Crippen LogP contribution in [0.3, 0.4) is 0 Å². The van der Waals surface area contributed by atoms with Crippen LogP contribution >= 0.6 is 0 Å². The van der Waals surface area contributed by atoms with Crippen molar-refractivity contribution < 1.29 is 23.8 Å². The fourth-order valence-corrected chi connectivity index (χ4v) is 3.74. The number of carboxylic acid groups (broad SMARTS) is 1. The molecule has 1 aliphatic heterocycles. The number of carbonyl (C=O) groups excluding carboxylic acids is 1. The molecule has 172 valence electrons. The van der Waals surface area contributed by atoms with E-state index in [0.717, 1.165) is 6.04 Å². The third kappa shape index (κ3) is 5.71. The topological polar surface area (TPSA) is 83.0 Å². The molecule has 1 atom stereocenters. The van der Waals surface area contributed by atoms with Gasteiger partial charge in [0.05, 0.1) is 6.20 Å². The Bertz CT molecular complexity index is 1030. The fourth-order valence-electron chi connectivity index (χ4n) is 3.74. The molecule has 3 rings (SSSR count). The molecular weight excluding hydrogens is 680 g/mol. The van der Waals surface area contributed by atoms with Crippen LogP contribution in [0.5, 0.6) is 5.75 Å². The third-order valence-corrected chi connectivity index (χ3v) is 5.52. The summed E-state index contributed by atoms with van der Waals surface area (Å²) in [6.45, 7) is 11.0. The van der Waals surface area contributed by atoms with Crippen molar-refractivity contribution in [2.45, 2.75) is 26.9 Å².